The molecule has 27 heavy (non-hydrogen) atoms. The van der Waals surface area contributed by atoms with E-state index in [0.717, 1.165) is 62.9 Å². The number of piperidine rings is 1. The average molecular weight is 389 g/mol. The molecule has 146 valence electrons. The van der Waals surface area contributed by atoms with Gasteiger partial charge in [0.25, 0.3) is 5.91 Å². The van der Waals surface area contributed by atoms with Crippen molar-refractivity contribution in [2.75, 3.05) is 19.7 Å². The van der Waals surface area contributed by atoms with Gasteiger partial charge in [0.15, 0.2) is 0 Å². The molecule has 4 aliphatic rings. The third kappa shape index (κ3) is 3.11. The number of amides is 2. The zero-order valence-corrected chi connectivity index (χ0v) is 16.6. The molecule has 0 unspecified atom stereocenters. The number of ether oxygens (including phenoxy) is 1. The van der Waals surface area contributed by atoms with Crippen LogP contribution < -0.4 is 5.32 Å². The fourth-order valence-electron chi connectivity index (χ4n) is 4.75. The number of likely N-dealkylation sites (tertiary alicyclic amines) is 1. The van der Waals surface area contributed by atoms with Gasteiger partial charge in [-0.15, -0.1) is 11.3 Å². The number of hydrogen-bond acceptors (Lipinski definition) is 4. The van der Waals surface area contributed by atoms with Gasteiger partial charge in [-0.05, 0) is 56.6 Å². The highest BCUT2D eigenvalue weighted by atomic mass is 32.1. The number of nitrogens with zero attached hydrogens (tertiary/aromatic N) is 1. The van der Waals surface area contributed by atoms with Crippen molar-refractivity contribution in [3.63, 3.8) is 0 Å². The van der Waals surface area contributed by atoms with Crippen molar-refractivity contribution in [1.29, 1.82) is 0 Å². The van der Waals surface area contributed by atoms with E-state index in [1.54, 1.807) is 11.3 Å². The highest BCUT2D eigenvalue weighted by molar-refractivity contribution is 7.14. The Kier molecular flexibility index (Phi) is 4.51. The molecule has 3 fully saturated rings. The summed E-state index contributed by atoms with van der Waals surface area (Å²) in [4.78, 5) is 29.3. The van der Waals surface area contributed by atoms with E-state index in [-0.39, 0.29) is 17.4 Å². The summed E-state index contributed by atoms with van der Waals surface area (Å²) in [6, 6.07) is 2.44. The SMILES string of the molecule is O=C(NC1CCC1)c1cc2c(s1)CCOC21CCN(C(=O)C2CCC2)CC1. The first-order valence-corrected chi connectivity index (χ1v) is 11.3. The van der Waals surface area contributed by atoms with Gasteiger partial charge < -0.3 is 15.0 Å². The number of rotatable bonds is 3. The Hall–Kier alpha value is -1.40. The highest BCUT2D eigenvalue weighted by Crippen LogP contribution is 2.45. The van der Waals surface area contributed by atoms with Crippen LogP contribution in [0.4, 0.5) is 0 Å². The zero-order valence-electron chi connectivity index (χ0n) is 15.8. The molecule has 2 aliphatic carbocycles. The first-order chi connectivity index (χ1) is 13.1. The van der Waals surface area contributed by atoms with E-state index in [0.29, 0.717) is 18.6 Å². The first-order valence-electron chi connectivity index (χ1n) is 10.5. The van der Waals surface area contributed by atoms with Gasteiger partial charge in [-0.1, -0.05) is 6.42 Å². The molecule has 2 amide bonds. The average Bonchev–Trinajstić information content (AvgIpc) is 3.03. The molecule has 0 aromatic carbocycles. The lowest BCUT2D eigenvalue weighted by atomic mass is 9.80. The standard InChI is InChI=1S/C21H28N2O3S/c24-19(22-15-5-2-6-15)18-13-16-17(27-18)7-12-26-21(16)8-10-23(11-9-21)20(25)14-3-1-4-14/h13-15H,1-12H2,(H,22,24). The lowest BCUT2D eigenvalue weighted by Gasteiger charge is -2.45. The molecule has 1 aromatic rings. The number of thiophene rings is 1. The summed E-state index contributed by atoms with van der Waals surface area (Å²) in [6.45, 7) is 2.26. The van der Waals surface area contributed by atoms with Crippen molar-refractivity contribution in [3.05, 3.63) is 21.4 Å². The summed E-state index contributed by atoms with van der Waals surface area (Å²) in [6.07, 6.45) is 9.33. The van der Waals surface area contributed by atoms with Crippen LogP contribution in [0.1, 0.15) is 71.5 Å². The molecule has 1 spiro atoms. The van der Waals surface area contributed by atoms with Crippen molar-refractivity contribution >= 4 is 23.2 Å². The molecule has 0 bridgehead atoms. The smallest absolute Gasteiger partial charge is 0.261 e. The third-order valence-corrected chi connectivity index (χ3v) is 8.20. The monoisotopic (exact) mass is 388 g/mol. The molecule has 0 radical (unpaired) electrons. The summed E-state index contributed by atoms with van der Waals surface area (Å²) >= 11 is 1.64. The van der Waals surface area contributed by atoms with Gasteiger partial charge in [0, 0.05) is 36.3 Å². The lowest BCUT2D eigenvalue weighted by molar-refractivity contribution is -0.147. The van der Waals surface area contributed by atoms with E-state index in [4.69, 9.17) is 4.74 Å². The zero-order chi connectivity index (χ0) is 18.4. The Morgan fingerprint density at radius 2 is 1.89 bits per heavy atom. The summed E-state index contributed by atoms with van der Waals surface area (Å²) in [7, 11) is 0. The van der Waals surface area contributed by atoms with E-state index >= 15 is 0 Å². The van der Waals surface area contributed by atoms with Crippen molar-refractivity contribution < 1.29 is 14.3 Å². The third-order valence-electron chi connectivity index (χ3n) is 7.01. The predicted octanol–water partition coefficient (Wildman–Crippen LogP) is 3.22. The second-order valence-corrected chi connectivity index (χ2v) is 9.73. The molecule has 1 aromatic heterocycles. The maximum Gasteiger partial charge on any atom is 0.261 e. The van der Waals surface area contributed by atoms with Crippen LogP contribution in [0.5, 0.6) is 0 Å². The molecule has 1 N–H and O–H groups in total. The Morgan fingerprint density at radius 3 is 2.52 bits per heavy atom. The number of carbonyl (C=O) groups excluding carboxylic acids is 2. The van der Waals surface area contributed by atoms with Crippen LogP contribution in [0.15, 0.2) is 6.07 Å². The first kappa shape index (κ1) is 17.7. The largest absolute Gasteiger partial charge is 0.370 e. The highest BCUT2D eigenvalue weighted by Gasteiger charge is 2.44. The van der Waals surface area contributed by atoms with Gasteiger partial charge in [0.2, 0.25) is 5.91 Å². The van der Waals surface area contributed by atoms with Gasteiger partial charge >= 0.3 is 0 Å². The van der Waals surface area contributed by atoms with Crippen molar-refractivity contribution in [1.82, 2.24) is 10.2 Å². The molecule has 5 rings (SSSR count). The quantitative estimate of drug-likeness (QED) is 0.865. The molecule has 5 nitrogen and oxygen atoms in total. The minimum absolute atomic E-state index is 0.0758. The van der Waals surface area contributed by atoms with Crippen LogP contribution in [0.25, 0.3) is 0 Å². The van der Waals surface area contributed by atoms with Gasteiger partial charge in [-0.2, -0.15) is 0 Å². The predicted molar refractivity (Wildman–Crippen MR) is 104 cm³/mol. The topological polar surface area (TPSA) is 58.6 Å². The second-order valence-electron chi connectivity index (χ2n) is 8.59. The normalized spacial score (nSPS) is 24.8. The second kappa shape index (κ2) is 6.89. The van der Waals surface area contributed by atoms with E-state index in [9.17, 15) is 9.59 Å². The summed E-state index contributed by atoms with van der Waals surface area (Å²) < 4.78 is 6.31. The van der Waals surface area contributed by atoms with Gasteiger partial charge in [0.05, 0.1) is 17.1 Å². The summed E-state index contributed by atoms with van der Waals surface area (Å²) in [5.41, 5.74) is 0.920. The van der Waals surface area contributed by atoms with Crippen LogP contribution in [-0.2, 0) is 21.6 Å². The van der Waals surface area contributed by atoms with E-state index < -0.39 is 0 Å². The number of hydrogen-bond donors (Lipinski definition) is 1. The molecule has 0 atom stereocenters. The lowest BCUT2D eigenvalue weighted by Crippen LogP contribution is -2.50. The van der Waals surface area contributed by atoms with Crippen molar-refractivity contribution in [2.24, 2.45) is 5.92 Å². The summed E-state index contributed by atoms with van der Waals surface area (Å²) in [5, 5.41) is 3.16. The Balaban J connectivity index is 1.30. The Morgan fingerprint density at radius 1 is 1.15 bits per heavy atom. The number of fused-ring (bicyclic) bond motifs is 2. The van der Waals surface area contributed by atoms with Crippen LogP contribution in [0.3, 0.4) is 0 Å². The van der Waals surface area contributed by atoms with Crippen LogP contribution >= 0.6 is 11.3 Å². The Labute approximate surface area is 164 Å². The molecular formula is C21H28N2O3S. The minimum Gasteiger partial charge on any atom is -0.370 e. The van der Waals surface area contributed by atoms with Crippen molar-refractivity contribution in [3.8, 4) is 0 Å². The van der Waals surface area contributed by atoms with Crippen LogP contribution in [0.2, 0.25) is 0 Å². The molecule has 3 heterocycles. The summed E-state index contributed by atoms with van der Waals surface area (Å²) in [5.74, 6) is 0.690. The maximum atomic E-state index is 12.6. The molecule has 2 aliphatic heterocycles. The minimum atomic E-state index is -0.296. The number of carbonyl (C=O) groups is 2. The molecule has 1 saturated heterocycles. The van der Waals surface area contributed by atoms with Gasteiger partial charge in [0.1, 0.15) is 0 Å². The molecule has 2 saturated carbocycles. The fraction of sp³-hybridized carbons (Fsp3) is 0.714. The van der Waals surface area contributed by atoms with E-state index in [1.807, 2.05) is 4.90 Å². The molecular weight excluding hydrogens is 360 g/mol. The maximum absolute atomic E-state index is 12.6. The molecule has 6 heteroatoms. The van der Waals surface area contributed by atoms with Gasteiger partial charge in [-0.3, -0.25) is 9.59 Å². The van der Waals surface area contributed by atoms with Gasteiger partial charge in [-0.25, -0.2) is 0 Å². The van der Waals surface area contributed by atoms with E-state index in [1.165, 1.54) is 23.3 Å². The van der Waals surface area contributed by atoms with Crippen molar-refractivity contribution in [2.45, 2.75) is 69.4 Å². The van der Waals surface area contributed by atoms with Crippen LogP contribution in [-0.4, -0.2) is 42.5 Å². The fourth-order valence-corrected chi connectivity index (χ4v) is 5.89. The van der Waals surface area contributed by atoms with E-state index in [2.05, 4.69) is 11.4 Å². The van der Waals surface area contributed by atoms with Crippen LogP contribution in [0, 0.1) is 5.92 Å². The number of nitrogens with one attached hydrogen (secondary N) is 1. The Bertz CT molecular complexity index is 743.